The van der Waals surface area contributed by atoms with Gasteiger partial charge in [-0.15, -0.1) is 0 Å². The number of hydrogen-bond acceptors (Lipinski definition) is 5. The molecule has 8 nitrogen and oxygen atoms in total. The minimum atomic E-state index is -3.43. The van der Waals surface area contributed by atoms with Crippen molar-refractivity contribution in [2.45, 2.75) is 31.2 Å². The number of carbonyl (C=O) groups is 2. The highest BCUT2D eigenvalue weighted by molar-refractivity contribution is 7.89. The molecule has 0 aliphatic heterocycles. The average Bonchev–Trinajstić information content (AvgIpc) is 3.26. The highest BCUT2D eigenvalue weighted by Gasteiger charge is 2.42. The number of carbonyl (C=O) groups excluding carboxylic acids is 2. The molecule has 1 aliphatic rings. The SMILES string of the molecule is CS(=O)(=O)n1ccc2cc(C(=O)NC3(C(=O)NCC#N)CCCC3)ccc21. The van der Waals surface area contributed by atoms with Gasteiger partial charge in [-0.05, 0) is 37.1 Å². The predicted molar refractivity (Wildman–Crippen MR) is 99.5 cm³/mol. The van der Waals surface area contributed by atoms with Gasteiger partial charge in [0.2, 0.25) is 15.9 Å². The Morgan fingerprint density at radius 1 is 1.26 bits per heavy atom. The molecule has 0 spiro atoms. The van der Waals surface area contributed by atoms with Crippen molar-refractivity contribution >= 4 is 32.7 Å². The Balaban J connectivity index is 1.87. The van der Waals surface area contributed by atoms with Gasteiger partial charge in [-0.25, -0.2) is 12.4 Å². The van der Waals surface area contributed by atoms with E-state index in [1.807, 2.05) is 6.07 Å². The number of nitrogens with zero attached hydrogens (tertiary/aromatic N) is 2. The number of fused-ring (bicyclic) bond motifs is 1. The molecule has 2 aromatic rings. The smallest absolute Gasteiger partial charge is 0.252 e. The van der Waals surface area contributed by atoms with E-state index in [-0.39, 0.29) is 12.5 Å². The van der Waals surface area contributed by atoms with Crippen LogP contribution in [0, 0.1) is 11.3 Å². The maximum atomic E-state index is 12.8. The normalized spacial score (nSPS) is 16.0. The third kappa shape index (κ3) is 3.66. The van der Waals surface area contributed by atoms with Crippen LogP contribution in [-0.2, 0) is 14.8 Å². The number of aromatic nitrogens is 1. The van der Waals surface area contributed by atoms with Crippen molar-refractivity contribution in [1.82, 2.24) is 14.6 Å². The van der Waals surface area contributed by atoms with Gasteiger partial charge in [0.1, 0.15) is 12.1 Å². The van der Waals surface area contributed by atoms with Crippen LogP contribution in [0.15, 0.2) is 30.5 Å². The summed E-state index contributed by atoms with van der Waals surface area (Å²) in [6.07, 6.45) is 5.21. The second-order valence-electron chi connectivity index (χ2n) is 6.73. The molecule has 1 heterocycles. The summed E-state index contributed by atoms with van der Waals surface area (Å²) < 4.78 is 24.7. The molecule has 0 saturated heterocycles. The van der Waals surface area contributed by atoms with Crippen LogP contribution in [0.2, 0.25) is 0 Å². The summed E-state index contributed by atoms with van der Waals surface area (Å²) in [6.45, 7) is -0.110. The van der Waals surface area contributed by atoms with Crippen molar-refractivity contribution < 1.29 is 18.0 Å². The van der Waals surface area contributed by atoms with Crippen molar-refractivity contribution in [1.29, 1.82) is 5.26 Å². The second-order valence-corrected chi connectivity index (χ2v) is 8.59. The summed E-state index contributed by atoms with van der Waals surface area (Å²) in [6, 6.07) is 8.19. The van der Waals surface area contributed by atoms with Crippen LogP contribution in [0.3, 0.4) is 0 Å². The lowest BCUT2D eigenvalue weighted by atomic mass is 9.95. The summed E-state index contributed by atoms with van der Waals surface area (Å²) in [5.74, 6) is -0.753. The van der Waals surface area contributed by atoms with Gasteiger partial charge in [0.25, 0.3) is 5.91 Å². The third-order valence-electron chi connectivity index (χ3n) is 4.85. The topological polar surface area (TPSA) is 121 Å². The Morgan fingerprint density at radius 2 is 1.96 bits per heavy atom. The van der Waals surface area contributed by atoms with E-state index in [0.717, 1.165) is 23.1 Å². The van der Waals surface area contributed by atoms with Crippen LogP contribution in [0.1, 0.15) is 36.0 Å². The zero-order chi connectivity index (χ0) is 19.7. The molecule has 0 atom stereocenters. The lowest BCUT2D eigenvalue weighted by Crippen LogP contribution is -2.57. The van der Waals surface area contributed by atoms with Crippen LogP contribution in [0.4, 0.5) is 0 Å². The van der Waals surface area contributed by atoms with Crippen LogP contribution in [-0.4, -0.2) is 42.5 Å². The van der Waals surface area contributed by atoms with Crippen molar-refractivity contribution in [3.8, 4) is 6.07 Å². The lowest BCUT2D eigenvalue weighted by molar-refractivity contribution is -0.126. The predicted octanol–water partition coefficient (Wildman–Crippen LogP) is 1.13. The van der Waals surface area contributed by atoms with Crippen LogP contribution in [0.5, 0.6) is 0 Å². The molecule has 2 N–H and O–H groups in total. The number of nitrogens with one attached hydrogen (secondary N) is 2. The quantitative estimate of drug-likeness (QED) is 0.744. The van der Waals surface area contributed by atoms with Gasteiger partial charge in [-0.1, -0.05) is 12.8 Å². The van der Waals surface area contributed by atoms with Gasteiger partial charge in [-0.3, -0.25) is 9.59 Å². The van der Waals surface area contributed by atoms with Gasteiger partial charge < -0.3 is 10.6 Å². The minimum Gasteiger partial charge on any atom is -0.341 e. The molecule has 142 valence electrons. The molecule has 0 unspecified atom stereocenters. The number of hydrogen-bond donors (Lipinski definition) is 2. The van der Waals surface area contributed by atoms with Crippen molar-refractivity contribution in [3.05, 3.63) is 36.0 Å². The van der Waals surface area contributed by atoms with E-state index in [0.29, 0.717) is 29.3 Å². The molecule has 0 radical (unpaired) electrons. The third-order valence-corrected chi connectivity index (χ3v) is 5.88. The van der Waals surface area contributed by atoms with Gasteiger partial charge in [0.05, 0.1) is 17.8 Å². The van der Waals surface area contributed by atoms with Gasteiger partial charge in [0.15, 0.2) is 0 Å². The number of benzene rings is 1. The Kier molecular flexibility index (Phi) is 4.93. The molecule has 0 bridgehead atoms. The van der Waals surface area contributed by atoms with E-state index < -0.39 is 21.5 Å². The Labute approximate surface area is 157 Å². The molecular formula is C18H20N4O4S. The first kappa shape index (κ1) is 18.9. The summed E-state index contributed by atoms with van der Waals surface area (Å²) >= 11 is 0. The fraction of sp³-hybridized carbons (Fsp3) is 0.389. The number of rotatable bonds is 5. The fourth-order valence-corrected chi connectivity index (χ4v) is 4.32. The molecule has 3 rings (SSSR count). The van der Waals surface area contributed by atoms with E-state index in [1.54, 1.807) is 18.2 Å². The van der Waals surface area contributed by atoms with Gasteiger partial charge in [-0.2, -0.15) is 5.26 Å². The first-order chi connectivity index (χ1) is 12.8. The van der Waals surface area contributed by atoms with Gasteiger partial charge >= 0.3 is 0 Å². The summed E-state index contributed by atoms with van der Waals surface area (Å²) in [4.78, 5) is 25.2. The highest BCUT2D eigenvalue weighted by atomic mass is 32.2. The zero-order valence-corrected chi connectivity index (χ0v) is 15.7. The van der Waals surface area contributed by atoms with Gasteiger partial charge in [0, 0.05) is 17.1 Å². The Hall–Kier alpha value is -2.86. The number of nitriles is 1. The van der Waals surface area contributed by atoms with Crippen molar-refractivity contribution in [3.63, 3.8) is 0 Å². The monoisotopic (exact) mass is 388 g/mol. The molecular weight excluding hydrogens is 368 g/mol. The van der Waals surface area contributed by atoms with Crippen LogP contribution < -0.4 is 10.6 Å². The van der Waals surface area contributed by atoms with Crippen LogP contribution in [0.25, 0.3) is 10.9 Å². The molecule has 1 aliphatic carbocycles. The molecule has 1 aromatic heterocycles. The Bertz CT molecular complexity index is 1040. The molecule has 27 heavy (non-hydrogen) atoms. The molecule has 1 saturated carbocycles. The van der Waals surface area contributed by atoms with E-state index in [1.165, 1.54) is 12.3 Å². The molecule has 1 aromatic carbocycles. The van der Waals surface area contributed by atoms with E-state index >= 15 is 0 Å². The molecule has 1 fully saturated rings. The fourth-order valence-electron chi connectivity index (χ4n) is 3.51. The zero-order valence-electron chi connectivity index (χ0n) is 14.9. The summed E-state index contributed by atoms with van der Waals surface area (Å²) in [5.41, 5.74) is -0.189. The van der Waals surface area contributed by atoms with Crippen LogP contribution >= 0.6 is 0 Å². The largest absolute Gasteiger partial charge is 0.341 e. The number of amides is 2. The Morgan fingerprint density at radius 3 is 2.59 bits per heavy atom. The average molecular weight is 388 g/mol. The van der Waals surface area contributed by atoms with E-state index in [4.69, 9.17) is 5.26 Å². The summed E-state index contributed by atoms with van der Waals surface area (Å²) in [5, 5.41) is 14.6. The van der Waals surface area contributed by atoms with Crippen molar-refractivity contribution in [2.75, 3.05) is 12.8 Å². The lowest BCUT2D eigenvalue weighted by Gasteiger charge is -2.28. The maximum Gasteiger partial charge on any atom is 0.252 e. The maximum absolute atomic E-state index is 12.8. The standard InChI is InChI=1S/C18H20N4O4S/c1-27(25,26)22-11-6-13-12-14(4-5-15(13)22)16(23)21-18(7-2-3-8-18)17(24)20-10-9-19/h4-6,11-12H,2-3,7-8,10H2,1H3,(H,20,24)(H,21,23). The first-order valence-electron chi connectivity index (χ1n) is 8.56. The van der Waals surface area contributed by atoms with E-state index in [2.05, 4.69) is 10.6 Å². The minimum absolute atomic E-state index is 0.110. The second kappa shape index (κ2) is 7.04. The highest BCUT2D eigenvalue weighted by Crippen LogP contribution is 2.30. The van der Waals surface area contributed by atoms with E-state index in [9.17, 15) is 18.0 Å². The molecule has 2 amide bonds. The molecule has 9 heteroatoms. The summed E-state index contributed by atoms with van der Waals surface area (Å²) in [7, 11) is -3.43. The van der Waals surface area contributed by atoms with Crippen molar-refractivity contribution in [2.24, 2.45) is 0 Å². The first-order valence-corrected chi connectivity index (χ1v) is 10.4.